The van der Waals surface area contributed by atoms with Crippen LogP contribution in [-0.4, -0.2) is 47.7 Å². The molecule has 0 radical (unpaired) electrons. The van der Waals surface area contributed by atoms with E-state index < -0.39 is 23.7 Å². The number of carbonyl (C=O) groups excluding carboxylic acids is 1. The van der Waals surface area contributed by atoms with Crippen LogP contribution in [0, 0.1) is 5.82 Å². The minimum Gasteiger partial charge on any atom is -0.480 e. The lowest BCUT2D eigenvalue weighted by molar-refractivity contribution is -0.147. The Kier molecular flexibility index (Phi) is 4.16. The molecule has 1 unspecified atom stereocenters. The van der Waals surface area contributed by atoms with Gasteiger partial charge in [-0.15, -0.1) is 0 Å². The van der Waals surface area contributed by atoms with E-state index in [9.17, 15) is 14.0 Å². The molecular formula is C12H11BrFNO4. The third-order valence-electron chi connectivity index (χ3n) is 2.86. The predicted molar refractivity (Wildman–Crippen MR) is 67.4 cm³/mol. The van der Waals surface area contributed by atoms with Crippen LogP contribution in [0.1, 0.15) is 10.4 Å². The first-order chi connectivity index (χ1) is 9.02. The normalized spacial score (nSPS) is 19.3. The van der Waals surface area contributed by atoms with Crippen LogP contribution in [0.4, 0.5) is 4.39 Å². The van der Waals surface area contributed by atoms with Gasteiger partial charge in [0.25, 0.3) is 5.91 Å². The van der Waals surface area contributed by atoms with Crippen molar-refractivity contribution in [2.75, 3.05) is 19.8 Å². The van der Waals surface area contributed by atoms with Crippen LogP contribution in [0.2, 0.25) is 0 Å². The number of halogens is 2. The summed E-state index contributed by atoms with van der Waals surface area (Å²) in [6.07, 6.45) is 0. The highest BCUT2D eigenvalue weighted by Gasteiger charge is 2.34. The Balaban J connectivity index is 2.31. The molecule has 1 aromatic carbocycles. The number of morpholine rings is 1. The highest BCUT2D eigenvalue weighted by molar-refractivity contribution is 9.10. The minimum absolute atomic E-state index is 0.0376. The van der Waals surface area contributed by atoms with E-state index in [1.807, 2.05) is 0 Å². The zero-order chi connectivity index (χ0) is 14.0. The number of aliphatic carboxylic acids is 1. The van der Waals surface area contributed by atoms with Crippen LogP contribution in [-0.2, 0) is 9.53 Å². The minimum atomic E-state index is -1.14. The van der Waals surface area contributed by atoms with Gasteiger partial charge in [0.2, 0.25) is 0 Å². The second kappa shape index (κ2) is 5.66. The van der Waals surface area contributed by atoms with Crippen molar-refractivity contribution in [2.24, 2.45) is 0 Å². The largest absolute Gasteiger partial charge is 0.480 e. The Morgan fingerprint density at radius 1 is 1.47 bits per heavy atom. The summed E-state index contributed by atoms with van der Waals surface area (Å²) in [5.74, 6) is -2.23. The van der Waals surface area contributed by atoms with Crippen LogP contribution >= 0.6 is 15.9 Å². The number of amides is 1. The molecule has 1 aliphatic rings. The maximum absolute atomic E-state index is 13.4. The highest BCUT2D eigenvalue weighted by atomic mass is 79.9. The van der Waals surface area contributed by atoms with Crippen LogP contribution in [0.5, 0.6) is 0 Å². The van der Waals surface area contributed by atoms with E-state index in [1.165, 1.54) is 23.1 Å². The van der Waals surface area contributed by atoms with Crippen LogP contribution in [0.25, 0.3) is 0 Å². The third kappa shape index (κ3) is 2.76. The molecular weight excluding hydrogens is 321 g/mol. The van der Waals surface area contributed by atoms with Gasteiger partial charge in [-0.3, -0.25) is 4.79 Å². The van der Waals surface area contributed by atoms with E-state index in [1.54, 1.807) is 0 Å². The van der Waals surface area contributed by atoms with E-state index in [0.717, 1.165) is 0 Å². The van der Waals surface area contributed by atoms with Crippen molar-refractivity contribution in [3.63, 3.8) is 0 Å². The molecule has 0 bridgehead atoms. The molecule has 1 heterocycles. The lowest BCUT2D eigenvalue weighted by Crippen LogP contribution is -2.52. The zero-order valence-corrected chi connectivity index (χ0v) is 11.4. The molecule has 0 saturated carbocycles. The van der Waals surface area contributed by atoms with Gasteiger partial charge < -0.3 is 14.7 Å². The first kappa shape index (κ1) is 14.0. The summed E-state index contributed by atoms with van der Waals surface area (Å²) in [6.45, 7) is 0.370. The van der Waals surface area contributed by atoms with Crippen LogP contribution in [0.3, 0.4) is 0 Å². The molecule has 19 heavy (non-hydrogen) atoms. The molecule has 1 atom stereocenters. The molecule has 1 amide bonds. The third-order valence-corrected chi connectivity index (χ3v) is 3.66. The molecule has 0 aliphatic carbocycles. The van der Waals surface area contributed by atoms with Gasteiger partial charge in [-0.2, -0.15) is 0 Å². The van der Waals surface area contributed by atoms with Crippen molar-refractivity contribution < 1.29 is 23.8 Å². The van der Waals surface area contributed by atoms with Gasteiger partial charge in [-0.1, -0.05) is 6.07 Å². The first-order valence-corrected chi connectivity index (χ1v) is 6.37. The monoisotopic (exact) mass is 331 g/mol. The summed E-state index contributed by atoms with van der Waals surface area (Å²) in [7, 11) is 0. The smallest absolute Gasteiger partial charge is 0.328 e. The van der Waals surface area contributed by atoms with Crippen molar-refractivity contribution >= 4 is 27.8 Å². The van der Waals surface area contributed by atoms with Gasteiger partial charge in [0.1, 0.15) is 5.82 Å². The van der Waals surface area contributed by atoms with Gasteiger partial charge in [-0.25, -0.2) is 9.18 Å². The molecule has 1 saturated heterocycles. The average molecular weight is 332 g/mol. The predicted octanol–water partition coefficient (Wildman–Crippen LogP) is 1.51. The van der Waals surface area contributed by atoms with Gasteiger partial charge in [0, 0.05) is 6.54 Å². The molecule has 1 N–H and O–H groups in total. The zero-order valence-electron chi connectivity index (χ0n) is 9.81. The number of carboxylic acid groups (broad SMARTS) is 1. The fraction of sp³-hybridized carbons (Fsp3) is 0.333. The number of hydrogen-bond donors (Lipinski definition) is 1. The lowest BCUT2D eigenvalue weighted by Gasteiger charge is -2.33. The summed E-state index contributed by atoms with van der Waals surface area (Å²) >= 11 is 3.00. The molecule has 0 aromatic heterocycles. The SMILES string of the molecule is O=C(O)C1COCCN1C(=O)c1cccc(F)c1Br. The molecule has 2 rings (SSSR count). The number of rotatable bonds is 2. The Bertz CT molecular complexity index is 522. The Labute approximate surface area is 117 Å². The second-order valence-electron chi connectivity index (χ2n) is 4.03. The molecule has 5 nitrogen and oxygen atoms in total. The summed E-state index contributed by atoms with van der Waals surface area (Å²) in [6, 6.07) is 3.03. The number of hydrogen-bond acceptors (Lipinski definition) is 3. The second-order valence-corrected chi connectivity index (χ2v) is 4.82. The molecule has 1 fully saturated rings. The number of carbonyl (C=O) groups is 2. The quantitative estimate of drug-likeness (QED) is 0.892. The number of ether oxygens (including phenoxy) is 1. The number of carboxylic acids is 1. The van der Waals surface area contributed by atoms with Gasteiger partial charge in [-0.05, 0) is 28.1 Å². The Morgan fingerprint density at radius 2 is 2.21 bits per heavy atom. The maximum atomic E-state index is 13.4. The molecule has 102 valence electrons. The van der Waals surface area contributed by atoms with E-state index in [2.05, 4.69) is 15.9 Å². The fourth-order valence-corrected chi connectivity index (χ4v) is 2.31. The molecule has 1 aliphatic heterocycles. The van der Waals surface area contributed by atoms with Crippen molar-refractivity contribution in [3.05, 3.63) is 34.1 Å². The topological polar surface area (TPSA) is 66.8 Å². The highest BCUT2D eigenvalue weighted by Crippen LogP contribution is 2.23. The summed E-state index contributed by atoms with van der Waals surface area (Å²) in [5, 5.41) is 9.07. The summed E-state index contributed by atoms with van der Waals surface area (Å²) < 4.78 is 18.5. The van der Waals surface area contributed by atoms with Crippen molar-refractivity contribution in [2.45, 2.75) is 6.04 Å². The molecule has 0 spiro atoms. The Hall–Kier alpha value is -1.47. The van der Waals surface area contributed by atoms with Gasteiger partial charge >= 0.3 is 5.97 Å². The number of nitrogens with zero attached hydrogens (tertiary/aromatic N) is 1. The van der Waals surface area contributed by atoms with E-state index in [0.29, 0.717) is 0 Å². The summed E-state index contributed by atoms with van der Waals surface area (Å²) in [4.78, 5) is 24.6. The van der Waals surface area contributed by atoms with Crippen molar-refractivity contribution in [3.8, 4) is 0 Å². The standard InChI is InChI=1S/C12H11BrFNO4/c13-10-7(2-1-3-8(10)14)11(16)15-4-5-19-6-9(15)12(17)18/h1-3,9H,4-6H2,(H,17,18). The average Bonchev–Trinajstić information content (AvgIpc) is 2.41. The van der Waals surface area contributed by atoms with E-state index in [-0.39, 0.29) is 29.8 Å². The maximum Gasteiger partial charge on any atom is 0.328 e. The summed E-state index contributed by atoms with van der Waals surface area (Å²) in [5.41, 5.74) is 0.105. The first-order valence-electron chi connectivity index (χ1n) is 5.58. The van der Waals surface area contributed by atoms with Crippen molar-refractivity contribution in [1.29, 1.82) is 0 Å². The van der Waals surface area contributed by atoms with Crippen LogP contribution < -0.4 is 0 Å². The Morgan fingerprint density at radius 3 is 2.89 bits per heavy atom. The lowest BCUT2D eigenvalue weighted by atomic mass is 10.1. The van der Waals surface area contributed by atoms with Gasteiger partial charge in [0.05, 0.1) is 23.2 Å². The molecule has 1 aromatic rings. The van der Waals surface area contributed by atoms with Gasteiger partial charge in [0.15, 0.2) is 6.04 Å². The fourth-order valence-electron chi connectivity index (χ4n) is 1.88. The molecule has 7 heteroatoms. The van der Waals surface area contributed by atoms with Crippen LogP contribution in [0.15, 0.2) is 22.7 Å². The van der Waals surface area contributed by atoms with E-state index >= 15 is 0 Å². The number of benzene rings is 1. The van der Waals surface area contributed by atoms with E-state index in [4.69, 9.17) is 9.84 Å². The van der Waals surface area contributed by atoms with Crippen molar-refractivity contribution in [1.82, 2.24) is 4.90 Å².